The summed E-state index contributed by atoms with van der Waals surface area (Å²) in [6.45, 7) is 0. The van der Waals surface area contributed by atoms with Gasteiger partial charge in [0.1, 0.15) is 17.1 Å². The molecule has 0 bridgehead atoms. The number of fused-ring (bicyclic) bond motifs is 2. The highest BCUT2D eigenvalue weighted by Crippen LogP contribution is 2.30. The number of aromatic nitrogens is 4. The number of nitrogens with one attached hydrogen (secondary N) is 1. The second-order valence-electron chi connectivity index (χ2n) is 6.18. The predicted molar refractivity (Wildman–Crippen MR) is 107 cm³/mol. The summed E-state index contributed by atoms with van der Waals surface area (Å²) in [5.74, 6) is 2.00. The topological polar surface area (TPSA) is 86.0 Å². The van der Waals surface area contributed by atoms with E-state index in [0.29, 0.717) is 11.6 Å². The van der Waals surface area contributed by atoms with Crippen LogP contribution in [0.3, 0.4) is 0 Å². The molecule has 0 saturated heterocycles. The Labute approximate surface area is 160 Å². The number of methoxy groups -OCH3 is 1. The lowest BCUT2D eigenvalue weighted by atomic mass is 10.2. The Kier molecular flexibility index (Phi) is 3.83. The van der Waals surface area contributed by atoms with E-state index in [2.05, 4.69) is 15.3 Å². The molecule has 5 aromatic rings. The first-order valence-electron chi connectivity index (χ1n) is 8.66. The Hall–Kier alpha value is -4.00. The van der Waals surface area contributed by atoms with Crippen molar-refractivity contribution >= 4 is 33.5 Å². The first-order chi connectivity index (χ1) is 13.8. The molecule has 7 heteroatoms. The van der Waals surface area contributed by atoms with Crippen LogP contribution in [0.25, 0.3) is 33.4 Å². The fourth-order valence-electron chi connectivity index (χ4n) is 3.03. The zero-order valence-electron chi connectivity index (χ0n) is 15.0. The van der Waals surface area contributed by atoms with E-state index in [1.165, 1.54) is 6.39 Å². The van der Waals surface area contributed by atoms with Gasteiger partial charge in [-0.1, -0.05) is 0 Å². The number of oxazole rings is 1. The molecule has 0 saturated carbocycles. The van der Waals surface area contributed by atoms with Gasteiger partial charge in [0.2, 0.25) is 0 Å². The molecule has 0 radical (unpaired) electrons. The Bertz CT molecular complexity index is 1280. The van der Waals surface area contributed by atoms with Gasteiger partial charge in [0, 0.05) is 29.0 Å². The largest absolute Gasteiger partial charge is 0.497 e. The van der Waals surface area contributed by atoms with Gasteiger partial charge in [-0.05, 0) is 48.5 Å². The Morgan fingerprint density at radius 3 is 2.82 bits per heavy atom. The molecule has 0 aliphatic carbocycles. The van der Waals surface area contributed by atoms with E-state index in [1.54, 1.807) is 19.5 Å². The fourth-order valence-corrected chi connectivity index (χ4v) is 3.03. The van der Waals surface area contributed by atoms with Crippen molar-refractivity contribution < 1.29 is 9.15 Å². The van der Waals surface area contributed by atoms with Crippen molar-refractivity contribution in [2.24, 2.45) is 0 Å². The summed E-state index contributed by atoms with van der Waals surface area (Å²) in [6.07, 6.45) is 4.90. The lowest BCUT2D eigenvalue weighted by Gasteiger charge is -2.12. The van der Waals surface area contributed by atoms with E-state index in [4.69, 9.17) is 19.1 Å². The lowest BCUT2D eigenvalue weighted by Crippen LogP contribution is -2.00. The third-order valence-corrected chi connectivity index (χ3v) is 4.42. The number of hydrogen-bond donors (Lipinski definition) is 1. The number of rotatable bonds is 4. The van der Waals surface area contributed by atoms with Gasteiger partial charge in [-0.2, -0.15) is 0 Å². The predicted octanol–water partition coefficient (Wildman–Crippen LogP) is 4.59. The minimum atomic E-state index is 0.593. The van der Waals surface area contributed by atoms with Crippen molar-refractivity contribution in [2.45, 2.75) is 0 Å². The third kappa shape index (κ3) is 2.88. The summed E-state index contributed by atoms with van der Waals surface area (Å²) in [4.78, 5) is 17.8. The maximum Gasteiger partial charge on any atom is 0.181 e. The first kappa shape index (κ1) is 16.2. The molecule has 5 rings (SSSR count). The summed E-state index contributed by atoms with van der Waals surface area (Å²) in [5, 5.41) is 4.24. The smallest absolute Gasteiger partial charge is 0.181 e. The van der Waals surface area contributed by atoms with Gasteiger partial charge in [0.05, 0.1) is 12.6 Å². The van der Waals surface area contributed by atoms with Crippen LogP contribution in [-0.2, 0) is 0 Å². The molecular formula is C21H15N5O2. The second-order valence-corrected chi connectivity index (χ2v) is 6.18. The highest BCUT2D eigenvalue weighted by Gasteiger charge is 2.12. The minimum absolute atomic E-state index is 0.593. The average molecular weight is 369 g/mol. The third-order valence-electron chi connectivity index (χ3n) is 4.42. The number of ether oxygens (including phenoxy) is 1. The standard InChI is InChI=1S/C21H15N5O2/c1-27-15-5-6-17-16(10-15)21(26-20(25-17)13-3-2-8-22-11-13)24-14-4-7-19-18(9-14)23-12-28-19/h2-12H,1H3,(H,24,25,26). The first-order valence-corrected chi connectivity index (χ1v) is 8.66. The monoisotopic (exact) mass is 369 g/mol. The maximum atomic E-state index is 5.37. The van der Waals surface area contributed by atoms with Gasteiger partial charge in [0.25, 0.3) is 0 Å². The molecule has 3 aromatic heterocycles. The normalized spacial score (nSPS) is 11.0. The molecule has 0 fully saturated rings. The molecule has 0 aliphatic rings. The lowest BCUT2D eigenvalue weighted by molar-refractivity contribution is 0.415. The molecule has 2 aromatic carbocycles. The zero-order valence-corrected chi connectivity index (χ0v) is 15.0. The van der Waals surface area contributed by atoms with Crippen molar-refractivity contribution in [3.63, 3.8) is 0 Å². The number of nitrogens with zero attached hydrogens (tertiary/aromatic N) is 4. The van der Waals surface area contributed by atoms with Gasteiger partial charge >= 0.3 is 0 Å². The van der Waals surface area contributed by atoms with Crippen LogP contribution in [0.5, 0.6) is 5.75 Å². The molecule has 0 aliphatic heterocycles. The maximum absolute atomic E-state index is 5.37. The Morgan fingerprint density at radius 2 is 1.96 bits per heavy atom. The SMILES string of the molecule is COc1ccc2nc(-c3cccnc3)nc(Nc3ccc4ocnc4c3)c2c1. The van der Waals surface area contributed by atoms with Crippen molar-refractivity contribution in [3.8, 4) is 17.1 Å². The summed E-state index contributed by atoms with van der Waals surface area (Å²) in [5.41, 5.74) is 4.00. The van der Waals surface area contributed by atoms with Crippen molar-refractivity contribution in [2.75, 3.05) is 12.4 Å². The molecule has 28 heavy (non-hydrogen) atoms. The van der Waals surface area contributed by atoms with Crippen LogP contribution in [0.4, 0.5) is 11.5 Å². The number of benzene rings is 2. The van der Waals surface area contributed by atoms with Crippen molar-refractivity contribution in [1.82, 2.24) is 19.9 Å². The summed E-state index contributed by atoms with van der Waals surface area (Å²) in [6, 6.07) is 15.2. The second kappa shape index (κ2) is 6.62. The van der Waals surface area contributed by atoms with Crippen LogP contribution in [0.15, 0.2) is 71.7 Å². The van der Waals surface area contributed by atoms with Gasteiger partial charge < -0.3 is 14.5 Å². The van der Waals surface area contributed by atoms with Crippen molar-refractivity contribution in [1.29, 1.82) is 0 Å². The Morgan fingerprint density at radius 1 is 1.00 bits per heavy atom. The molecule has 1 N–H and O–H groups in total. The molecule has 0 atom stereocenters. The van der Waals surface area contributed by atoms with Crippen LogP contribution < -0.4 is 10.1 Å². The fraction of sp³-hybridized carbons (Fsp3) is 0.0476. The highest BCUT2D eigenvalue weighted by atomic mass is 16.5. The molecular weight excluding hydrogens is 354 g/mol. The molecule has 0 unspecified atom stereocenters. The number of pyridine rings is 1. The van der Waals surface area contributed by atoms with E-state index in [0.717, 1.165) is 39.0 Å². The zero-order chi connectivity index (χ0) is 18.9. The molecule has 7 nitrogen and oxygen atoms in total. The molecule has 3 heterocycles. The van der Waals surface area contributed by atoms with Crippen LogP contribution >= 0.6 is 0 Å². The average Bonchev–Trinajstić information content (AvgIpc) is 3.22. The van der Waals surface area contributed by atoms with Crippen LogP contribution in [0, 0.1) is 0 Å². The summed E-state index contributed by atoms with van der Waals surface area (Å²) >= 11 is 0. The van der Waals surface area contributed by atoms with E-state index in [9.17, 15) is 0 Å². The highest BCUT2D eigenvalue weighted by molar-refractivity contribution is 5.93. The van der Waals surface area contributed by atoms with E-state index >= 15 is 0 Å². The number of anilines is 2. The Balaban J connectivity index is 1.67. The quantitative estimate of drug-likeness (QED) is 0.496. The molecule has 0 spiro atoms. The van der Waals surface area contributed by atoms with E-state index in [1.807, 2.05) is 48.5 Å². The van der Waals surface area contributed by atoms with E-state index in [-0.39, 0.29) is 0 Å². The molecule has 0 amide bonds. The minimum Gasteiger partial charge on any atom is -0.497 e. The summed E-state index contributed by atoms with van der Waals surface area (Å²) < 4.78 is 10.7. The van der Waals surface area contributed by atoms with Gasteiger partial charge in [0.15, 0.2) is 17.8 Å². The van der Waals surface area contributed by atoms with Gasteiger partial charge in [-0.3, -0.25) is 4.98 Å². The van der Waals surface area contributed by atoms with Crippen LogP contribution in [-0.4, -0.2) is 27.0 Å². The van der Waals surface area contributed by atoms with Gasteiger partial charge in [-0.25, -0.2) is 15.0 Å². The molecule has 136 valence electrons. The van der Waals surface area contributed by atoms with Crippen molar-refractivity contribution in [3.05, 3.63) is 67.3 Å². The summed E-state index contributed by atoms with van der Waals surface area (Å²) in [7, 11) is 1.64. The van der Waals surface area contributed by atoms with Gasteiger partial charge in [-0.15, -0.1) is 0 Å². The van der Waals surface area contributed by atoms with E-state index < -0.39 is 0 Å². The number of hydrogen-bond acceptors (Lipinski definition) is 7. The van der Waals surface area contributed by atoms with Crippen LogP contribution in [0.2, 0.25) is 0 Å². The van der Waals surface area contributed by atoms with Crippen LogP contribution in [0.1, 0.15) is 0 Å².